The quantitative estimate of drug-likeness (QED) is 0.742. The van der Waals surface area contributed by atoms with Crippen molar-refractivity contribution in [3.05, 3.63) is 53.8 Å². The van der Waals surface area contributed by atoms with E-state index in [1.165, 1.54) is 23.2 Å². The largest absolute Gasteiger partial charge is 0.457 e. The van der Waals surface area contributed by atoms with Gasteiger partial charge in [0.15, 0.2) is 6.71 Å². The lowest BCUT2D eigenvalue weighted by atomic mass is 9.48. The van der Waals surface area contributed by atoms with Crippen molar-refractivity contribution in [1.82, 2.24) is 0 Å². The smallest absolute Gasteiger partial charge is 0.169 e. The zero-order chi connectivity index (χ0) is 13.1. The Kier molecular flexibility index (Phi) is 3.70. The van der Waals surface area contributed by atoms with Gasteiger partial charge >= 0.3 is 0 Å². The first-order valence-corrected chi connectivity index (χ1v) is 6.10. The minimum Gasteiger partial charge on any atom is -0.457 e. The molecule has 0 aliphatic rings. The van der Waals surface area contributed by atoms with Crippen molar-refractivity contribution in [2.45, 2.75) is 20.6 Å². The molecule has 0 aliphatic heterocycles. The van der Waals surface area contributed by atoms with Crippen molar-refractivity contribution in [2.75, 3.05) is 0 Å². The molecule has 2 aromatic carbocycles. The van der Waals surface area contributed by atoms with Crippen molar-refractivity contribution in [3.63, 3.8) is 0 Å². The van der Waals surface area contributed by atoms with Crippen LogP contribution >= 0.6 is 0 Å². The minimum absolute atomic E-state index is 0.289. The summed E-state index contributed by atoms with van der Waals surface area (Å²) in [6.45, 7) is 6.88. The molecule has 0 saturated heterocycles. The first-order chi connectivity index (χ1) is 8.56. The van der Waals surface area contributed by atoms with Gasteiger partial charge in [0.25, 0.3) is 0 Å². The maximum absolute atomic E-state index is 13.0. The summed E-state index contributed by atoms with van der Waals surface area (Å²) in [4.78, 5) is 0. The molecular weight excluding hydrogens is 226 g/mol. The minimum atomic E-state index is -0.289. The number of aryl methyl sites for hydroxylation is 1. The summed E-state index contributed by atoms with van der Waals surface area (Å²) >= 11 is 0. The van der Waals surface area contributed by atoms with Crippen LogP contribution in [-0.2, 0) is 0 Å². The van der Waals surface area contributed by atoms with E-state index < -0.39 is 0 Å². The maximum atomic E-state index is 13.0. The van der Waals surface area contributed by atoms with E-state index >= 15 is 0 Å². The van der Waals surface area contributed by atoms with Crippen LogP contribution in [0, 0.1) is 12.7 Å². The van der Waals surface area contributed by atoms with Crippen LogP contribution in [0.5, 0.6) is 11.5 Å². The van der Waals surface area contributed by atoms with Gasteiger partial charge in [0.1, 0.15) is 17.3 Å². The van der Waals surface area contributed by atoms with E-state index in [4.69, 9.17) is 4.74 Å². The molecule has 0 radical (unpaired) electrons. The Morgan fingerprint density at radius 3 is 2.33 bits per heavy atom. The molecule has 0 heterocycles. The van der Waals surface area contributed by atoms with E-state index in [0.29, 0.717) is 12.5 Å². The molecule has 92 valence electrons. The SMILES string of the molecule is CB(C)c1ccc(Oc2cccc(F)c2)cc1C. The number of benzene rings is 2. The molecule has 18 heavy (non-hydrogen) atoms. The van der Waals surface area contributed by atoms with E-state index in [2.05, 4.69) is 26.6 Å². The van der Waals surface area contributed by atoms with E-state index in [-0.39, 0.29) is 5.82 Å². The molecule has 0 saturated carbocycles. The van der Waals surface area contributed by atoms with Gasteiger partial charge in [-0.15, -0.1) is 0 Å². The molecule has 2 aromatic rings. The number of rotatable bonds is 3. The summed E-state index contributed by atoms with van der Waals surface area (Å²) in [7, 11) is 0. The summed E-state index contributed by atoms with van der Waals surface area (Å²) in [6.07, 6.45) is 0. The maximum Gasteiger partial charge on any atom is 0.169 e. The van der Waals surface area contributed by atoms with E-state index in [1.54, 1.807) is 12.1 Å². The summed E-state index contributed by atoms with van der Waals surface area (Å²) in [5.41, 5.74) is 2.50. The van der Waals surface area contributed by atoms with Crippen LogP contribution in [0.25, 0.3) is 0 Å². The lowest BCUT2D eigenvalue weighted by Crippen LogP contribution is -2.25. The van der Waals surface area contributed by atoms with Gasteiger partial charge in [0.2, 0.25) is 0 Å². The van der Waals surface area contributed by atoms with Gasteiger partial charge in [-0.1, -0.05) is 36.8 Å². The number of halogens is 1. The average molecular weight is 242 g/mol. The summed E-state index contributed by atoms with van der Waals surface area (Å²) in [5, 5.41) is 0. The van der Waals surface area contributed by atoms with Gasteiger partial charge in [-0.2, -0.15) is 0 Å². The molecule has 0 amide bonds. The third kappa shape index (κ3) is 2.92. The zero-order valence-corrected chi connectivity index (χ0v) is 10.9. The zero-order valence-electron chi connectivity index (χ0n) is 10.9. The van der Waals surface area contributed by atoms with Gasteiger partial charge < -0.3 is 4.74 Å². The third-order valence-electron chi connectivity index (χ3n) is 2.90. The molecule has 0 unspecified atom stereocenters. The van der Waals surface area contributed by atoms with Gasteiger partial charge in [0.05, 0.1) is 0 Å². The lowest BCUT2D eigenvalue weighted by Gasteiger charge is -2.11. The van der Waals surface area contributed by atoms with Crippen LogP contribution in [-0.4, -0.2) is 6.71 Å². The Labute approximate surface area is 108 Å². The van der Waals surface area contributed by atoms with Crippen LogP contribution in [0.15, 0.2) is 42.5 Å². The summed E-state index contributed by atoms with van der Waals surface area (Å²) < 4.78 is 18.7. The van der Waals surface area contributed by atoms with Gasteiger partial charge in [-0.3, -0.25) is 0 Å². The predicted molar refractivity (Wildman–Crippen MR) is 74.8 cm³/mol. The van der Waals surface area contributed by atoms with Gasteiger partial charge in [0, 0.05) is 6.07 Å². The highest BCUT2D eigenvalue weighted by atomic mass is 19.1. The molecule has 3 heteroatoms. The fourth-order valence-electron chi connectivity index (χ4n) is 2.03. The highest BCUT2D eigenvalue weighted by molar-refractivity contribution is 6.71. The fourth-order valence-corrected chi connectivity index (χ4v) is 2.03. The predicted octanol–water partition coefficient (Wildman–Crippen LogP) is 3.89. The van der Waals surface area contributed by atoms with Crippen LogP contribution in [0.1, 0.15) is 5.56 Å². The van der Waals surface area contributed by atoms with Crippen LogP contribution in [0.2, 0.25) is 13.6 Å². The standard InChI is InChI=1S/C15H16BFO/c1-11-9-14(7-8-15(11)16(2)3)18-13-6-4-5-12(17)10-13/h4-10H,1-3H3. The Balaban J connectivity index is 2.23. The molecular formula is C15H16BFO. The van der Waals surface area contributed by atoms with E-state index in [9.17, 15) is 4.39 Å². The van der Waals surface area contributed by atoms with Crippen molar-refractivity contribution >= 4 is 12.2 Å². The van der Waals surface area contributed by atoms with Crippen molar-refractivity contribution in [2.24, 2.45) is 0 Å². The summed E-state index contributed by atoms with van der Waals surface area (Å²) in [5.74, 6) is 0.970. The molecule has 0 bridgehead atoms. The van der Waals surface area contributed by atoms with Crippen molar-refractivity contribution in [1.29, 1.82) is 0 Å². The number of ether oxygens (including phenoxy) is 1. The Bertz CT molecular complexity index is 552. The normalized spacial score (nSPS) is 10.2. The Morgan fingerprint density at radius 1 is 1.00 bits per heavy atom. The second-order valence-corrected chi connectivity index (χ2v) is 4.73. The third-order valence-corrected chi connectivity index (χ3v) is 2.90. The van der Waals surface area contributed by atoms with Crippen molar-refractivity contribution in [3.8, 4) is 11.5 Å². The van der Waals surface area contributed by atoms with Crippen LogP contribution in [0.3, 0.4) is 0 Å². The van der Waals surface area contributed by atoms with Gasteiger partial charge in [-0.25, -0.2) is 4.39 Å². The molecule has 0 aromatic heterocycles. The van der Waals surface area contributed by atoms with E-state index in [0.717, 1.165) is 5.75 Å². The molecule has 0 atom stereocenters. The number of hydrogen-bond donors (Lipinski definition) is 0. The fraction of sp³-hybridized carbons (Fsp3) is 0.200. The molecule has 0 aliphatic carbocycles. The number of hydrogen-bond acceptors (Lipinski definition) is 1. The Hall–Kier alpha value is -1.77. The Morgan fingerprint density at radius 2 is 1.72 bits per heavy atom. The monoisotopic (exact) mass is 242 g/mol. The topological polar surface area (TPSA) is 9.23 Å². The molecule has 1 nitrogen and oxygen atoms in total. The van der Waals surface area contributed by atoms with E-state index in [1.807, 2.05) is 12.1 Å². The van der Waals surface area contributed by atoms with Crippen molar-refractivity contribution < 1.29 is 9.13 Å². The first-order valence-electron chi connectivity index (χ1n) is 6.10. The second-order valence-electron chi connectivity index (χ2n) is 4.73. The van der Waals surface area contributed by atoms with Gasteiger partial charge in [-0.05, 0) is 31.2 Å². The highest BCUT2D eigenvalue weighted by Gasteiger charge is 2.07. The summed E-state index contributed by atoms with van der Waals surface area (Å²) in [6, 6.07) is 12.1. The van der Waals surface area contributed by atoms with Crippen LogP contribution < -0.4 is 10.2 Å². The van der Waals surface area contributed by atoms with Crippen LogP contribution in [0.4, 0.5) is 4.39 Å². The first kappa shape index (κ1) is 12.7. The molecule has 0 N–H and O–H groups in total. The molecule has 2 rings (SSSR count). The molecule has 0 fully saturated rings. The second kappa shape index (κ2) is 5.26. The lowest BCUT2D eigenvalue weighted by molar-refractivity contribution is 0.476. The average Bonchev–Trinajstić information content (AvgIpc) is 2.28. The molecule has 0 spiro atoms. The highest BCUT2D eigenvalue weighted by Crippen LogP contribution is 2.22.